The molecule has 0 fully saturated rings. The SMILES string of the molecule is O=C(COc1ccccc1Cl)Nc1nc(-c2ccc(Br)o2)ns1. The van der Waals surface area contributed by atoms with Crippen LogP contribution in [0.2, 0.25) is 5.02 Å². The summed E-state index contributed by atoms with van der Waals surface area (Å²) in [7, 11) is 0. The number of rotatable bonds is 5. The van der Waals surface area contributed by atoms with E-state index >= 15 is 0 Å². The van der Waals surface area contributed by atoms with Crippen molar-refractivity contribution >= 4 is 50.1 Å². The second-order valence-electron chi connectivity index (χ2n) is 4.29. The van der Waals surface area contributed by atoms with Crippen LogP contribution in [-0.4, -0.2) is 21.9 Å². The number of nitrogens with zero attached hydrogens (tertiary/aromatic N) is 2. The first-order valence-corrected chi connectivity index (χ1v) is 8.33. The maximum absolute atomic E-state index is 11.9. The minimum atomic E-state index is -0.353. The molecule has 3 rings (SSSR count). The van der Waals surface area contributed by atoms with E-state index in [1.165, 1.54) is 0 Å². The number of ether oxygens (including phenoxy) is 1. The average Bonchev–Trinajstić information content (AvgIpc) is 3.15. The molecule has 0 bridgehead atoms. The minimum Gasteiger partial charge on any atom is -0.482 e. The number of furan rings is 1. The summed E-state index contributed by atoms with van der Waals surface area (Å²) < 4.78 is 15.4. The Morgan fingerprint density at radius 1 is 1.35 bits per heavy atom. The Kier molecular flexibility index (Phi) is 4.94. The molecule has 1 N–H and O–H groups in total. The van der Waals surface area contributed by atoms with Gasteiger partial charge in [0.25, 0.3) is 5.91 Å². The molecule has 9 heteroatoms. The molecule has 0 atom stereocenters. The first-order valence-electron chi connectivity index (χ1n) is 6.38. The van der Waals surface area contributed by atoms with Crippen LogP contribution < -0.4 is 10.1 Å². The quantitative estimate of drug-likeness (QED) is 0.676. The number of carbonyl (C=O) groups is 1. The molecule has 0 aliphatic rings. The number of halogens is 2. The van der Waals surface area contributed by atoms with E-state index < -0.39 is 0 Å². The van der Waals surface area contributed by atoms with Crippen molar-refractivity contribution in [2.24, 2.45) is 0 Å². The lowest BCUT2D eigenvalue weighted by Gasteiger charge is -2.06. The van der Waals surface area contributed by atoms with Crippen LogP contribution in [0.25, 0.3) is 11.6 Å². The lowest BCUT2D eigenvalue weighted by atomic mass is 10.3. The summed E-state index contributed by atoms with van der Waals surface area (Å²) in [4.78, 5) is 16.1. The van der Waals surface area contributed by atoms with Crippen molar-refractivity contribution < 1.29 is 13.9 Å². The minimum absolute atomic E-state index is 0.176. The van der Waals surface area contributed by atoms with Crippen molar-refractivity contribution in [2.45, 2.75) is 0 Å². The molecule has 1 amide bonds. The van der Waals surface area contributed by atoms with Gasteiger partial charge in [-0.15, -0.1) is 0 Å². The number of carbonyl (C=O) groups excluding carboxylic acids is 1. The number of hydrogen-bond acceptors (Lipinski definition) is 6. The topological polar surface area (TPSA) is 77.2 Å². The van der Waals surface area contributed by atoms with Gasteiger partial charge in [0, 0.05) is 11.5 Å². The number of aromatic nitrogens is 2. The molecule has 6 nitrogen and oxygen atoms in total. The number of nitrogens with one attached hydrogen (secondary N) is 1. The van der Waals surface area contributed by atoms with Crippen LogP contribution in [0.3, 0.4) is 0 Å². The molecule has 0 aliphatic carbocycles. The summed E-state index contributed by atoms with van der Waals surface area (Å²) in [6, 6.07) is 10.4. The van der Waals surface area contributed by atoms with E-state index in [2.05, 4.69) is 30.6 Å². The zero-order chi connectivity index (χ0) is 16.2. The highest BCUT2D eigenvalue weighted by Crippen LogP contribution is 2.26. The molecular formula is C14H9BrClN3O3S. The van der Waals surface area contributed by atoms with Crippen molar-refractivity contribution in [3.8, 4) is 17.3 Å². The normalized spacial score (nSPS) is 10.5. The van der Waals surface area contributed by atoms with Crippen LogP contribution in [0.5, 0.6) is 5.75 Å². The lowest BCUT2D eigenvalue weighted by Crippen LogP contribution is -2.20. The number of amides is 1. The highest BCUT2D eigenvalue weighted by molar-refractivity contribution is 9.10. The smallest absolute Gasteiger partial charge is 0.264 e. The van der Waals surface area contributed by atoms with Crippen molar-refractivity contribution in [1.82, 2.24) is 9.36 Å². The van der Waals surface area contributed by atoms with Crippen molar-refractivity contribution in [3.63, 3.8) is 0 Å². The summed E-state index contributed by atoms with van der Waals surface area (Å²) in [6.07, 6.45) is 0. The summed E-state index contributed by atoms with van der Waals surface area (Å²) in [5.74, 6) is 1.01. The van der Waals surface area contributed by atoms with Gasteiger partial charge in [-0.3, -0.25) is 10.1 Å². The molecule has 2 aromatic heterocycles. The van der Waals surface area contributed by atoms with Crippen molar-refractivity contribution in [2.75, 3.05) is 11.9 Å². The molecular weight excluding hydrogens is 406 g/mol. The fraction of sp³-hybridized carbons (Fsp3) is 0.0714. The van der Waals surface area contributed by atoms with Gasteiger partial charge in [-0.2, -0.15) is 9.36 Å². The van der Waals surface area contributed by atoms with Crippen molar-refractivity contribution in [3.05, 3.63) is 46.1 Å². The van der Waals surface area contributed by atoms with Crippen LogP contribution in [0.15, 0.2) is 45.5 Å². The maximum Gasteiger partial charge on any atom is 0.264 e. The molecule has 3 aromatic rings. The van der Waals surface area contributed by atoms with Crippen molar-refractivity contribution in [1.29, 1.82) is 0 Å². The second-order valence-corrected chi connectivity index (χ2v) is 6.23. The van der Waals surface area contributed by atoms with E-state index in [1.807, 2.05) is 0 Å². The lowest BCUT2D eigenvalue weighted by molar-refractivity contribution is -0.118. The van der Waals surface area contributed by atoms with Crippen LogP contribution in [0.1, 0.15) is 0 Å². The van der Waals surface area contributed by atoms with Crippen LogP contribution in [0, 0.1) is 0 Å². The van der Waals surface area contributed by atoms with Crippen LogP contribution >= 0.6 is 39.1 Å². The van der Waals surface area contributed by atoms with Gasteiger partial charge < -0.3 is 9.15 Å². The molecule has 0 aliphatic heterocycles. The van der Waals surface area contributed by atoms with Gasteiger partial charge in [0.15, 0.2) is 17.0 Å². The molecule has 23 heavy (non-hydrogen) atoms. The van der Waals surface area contributed by atoms with E-state index in [0.29, 0.717) is 32.2 Å². The molecule has 0 saturated heterocycles. The summed E-state index contributed by atoms with van der Waals surface area (Å²) >= 11 is 10.2. The van der Waals surface area contributed by atoms with Gasteiger partial charge in [-0.05, 0) is 40.2 Å². The first-order chi connectivity index (χ1) is 11.1. The van der Waals surface area contributed by atoms with Crippen LogP contribution in [-0.2, 0) is 4.79 Å². The Labute approximate surface area is 148 Å². The van der Waals surface area contributed by atoms with Gasteiger partial charge in [0.1, 0.15) is 5.75 Å². The fourth-order valence-corrected chi connectivity index (χ4v) is 2.76. The predicted octanol–water partition coefficient (Wildman–Crippen LogP) is 4.23. The summed E-state index contributed by atoms with van der Waals surface area (Å²) in [6.45, 7) is -0.176. The number of benzene rings is 1. The molecule has 2 heterocycles. The Bertz CT molecular complexity index is 836. The Morgan fingerprint density at radius 3 is 2.91 bits per heavy atom. The Morgan fingerprint density at radius 2 is 2.17 bits per heavy atom. The largest absolute Gasteiger partial charge is 0.482 e. The zero-order valence-corrected chi connectivity index (χ0v) is 14.6. The molecule has 0 radical (unpaired) electrons. The second kappa shape index (κ2) is 7.12. The maximum atomic E-state index is 11.9. The van der Waals surface area contributed by atoms with Crippen LogP contribution in [0.4, 0.5) is 5.13 Å². The third kappa shape index (κ3) is 4.10. The number of hydrogen-bond donors (Lipinski definition) is 1. The highest BCUT2D eigenvalue weighted by atomic mass is 79.9. The average molecular weight is 415 g/mol. The summed E-state index contributed by atoms with van der Waals surface area (Å²) in [5.41, 5.74) is 0. The number of para-hydroxylation sites is 1. The monoisotopic (exact) mass is 413 g/mol. The fourth-order valence-electron chi connectivity index (χ4n) is 1.67. The van der Waals surface area contributed by atoms with E-state index in [0.717, 1.165) is 11.5 Å². The van der Waals surface area contributed by atoms with Gasteiger partial charge in [0.2, 0.25) is 11.0 Å². The Hall–Kier alpha value is -1.90. The van der Waals surface area contributed by atoms with E-state index in [9.17, 15) is 4.79 Å². The third-order valence-electron chi connectivity index (χ3n) is 2.66. The van der Waals surface area contributed by atoms with Gasteiger partial charge in [-0.1, -0.05) is 23.7 Å². The molecule has 0 spiro atoms. The third-order valence-corrected chi connectivity index (χ3v) is 4.03. The predicted molar refractivity (Wildman–Crippen MR) is 90.9 cm³/mol. The molecule has 0 unspecified atom stereocenters. The summed E-state index contributed by atoms with van der Waals surface area (Å²) in [5, 5.41) is 3.42. The molecule has 1 aromatic carbocycles. The zero-order valence-electron chi connectivity index (χ0n) is 11.5. The molecule has 118 valence electrons. The number of anilines is 1. The van der Waals surface area contributed by atoms with Gasteiger partial charge in [-0.25, -0.2) is 0 Å². The molecule has 0 saturated carbocycles. The standard InChI is InChI=1S/C14H9BrClN3O3S/c15-11-6-5-10(22-11)13-18-14(23-19-13)17-12(20)7-21-9-4-2-1-3-8(9)16/h1-6H,7H2,(H,17,18,19,20). The van der Waals surface area contributed by atoms with E-state index in [4.69, 9.17) is 20.8 Å². The van der Waals surface area contributed by atoms with Gasteiger partial charge in [0.05, 0.1) is 5.02 Å². The van der Waals surface area contributed by atoms with Gasteiger partial charge >= 0.3 is 0 Å². The Balaban J connectivity index is 1.58. The van der Waals surface area contributed by atoms with E-state index in [-0.39, 0.29) is 12.5 Å². The van der Waals surface area contributed by atoms with E-state index in [1.54, 1.807) is 36.4 Å². The first kappa shape index (κ1) is 16.0. The highest BCUT2D eigenvalue weighted by Gasteiger charge is 2.13.